The van der Waals surface area contributed by atoms with Gasteiger partial charge in [-0.2, -0.15) is 0 Å². The highest BCUT2D eigenvalue weighted by atomic mass is 16.7. The smallest absolute Gasteiger partial charge is 0.313 e. The van der Waals surface area contributed by atoms with Gasteiger partial charge in [0, 0.05) is 23.6 Å². The quantitative estimate of drug-likeness (QED) is 0.582. The number of benzene rings is 3. The van der Waals surface area contributed by atoms with Gasteiger partial charge in [-0.1, -0.05) is 24.3 Å². The third-order valence-electron chi connectivity index (χ3n) is 4.30. The lowest BCUT2D eigenvalue weighted by Crippen LogP contribution is -2.34. The summed E-state index contributed by atoms with van der Waals surface area (Å²) in [6.07, 6.45) is 0. The van der Waals surface area contributed by atoms with Crippen molar-refractivity contribution in [2.24, 2.45) is 0 Å². The molecular formula is C22H19N3O4. The van der Waals surface area contributed by atoms with Gasteiger partial charge in [-0.3, -0.25) is 9.59 Å². The summed E-state index contributed by atoms with van der Waals surface area (Å²) in [7, 11) is 0. The molecule has 7 nitrogen and oxygen atoms in total. The fraction of sp³-hybridized carbons (Fsp3) is 0.0909. The van der Waals surface area contributed by atoms with Crippen LogP contribution >= 0.6 is 0 Å². The average Bonchev–Trinajstić information content (AvgIpc) is 3.22. The second kappa shape index (κ2) is 8.35. The molecule has 4 rings (SSSR count). The van der Waals surface area contributed by atoms with Crippen LogP contribution in [0, 0.1) is 0 Å². The standard InChI is InChI=1S/C22H19N3O4/c26-21(23-13-15-6-11-19-20(12-15)29-14-28-19)22(27)25-18-9-7-17(8-10-18)24-16-4-2-1-3-5-16/h1-12,24H,13-14H2,(H,23,26)(H,25,27). The number of anilines is 3. The Labute approximate surface area is 167 Å². The molecule has 1 aliphatic rings. The van der Waals surface area contributed by atoms with Gasteiger partial charge in [0.15, 0.2) is 11.5 Å². The Morgan fingerprint density at radius 1 is 0.759 bits per heavy atom. The molecule has 1 aliphatic heterocycles. The lowest BCUT2D eigenvalue weighted by atomic mass is 10.2. The monoisotopic (exact) mass is 389 g/mol. The summed E-state index contributed by atoms with van der Waals surface area (Å²) in [5.74, 6) is -0.142. The molecule has 3 aromatic carbocycles. The van der Waals surface area contributed by atoms with E-state index in [9.17, 15) is 9.59 Å². The van der Waals surface area contributed by atoms with E-state index in [1.165, 1.54) is 0 Å². The highest BCUT2D eigenvalue weighted by Gasteiger charge is 2.16. The van der Waals surface area contributed by atoms with E-state index in [-0.39, 0.29) is 13.3 Å². The zero-order valence-corrected chi connectivity index (χ0v) is 15.5. The van der Waals surface area contributed by atoms with Crippen molar-refractivity contribution in [2.45, 2.75) is 6.54 Å². The number of ether oxygens (including phenoxy) is 2. The van der Waals surface area contributed by atoms with Gasteiger partial charge in [-0.05, 0) is 54.1 Å². The lowest BCUT2D eigenvalue weighted by Gasteiger charge is -2.09. The van der Waals surface area contributed by atoms with E-state index in [4.69, 9.17) is 9.47 Å². The van der Waals surface area contributed by atoms with Crippen LogP contribution < -0.4 is 25.4 Å². The molecule has 146 valence electrons. The van der Waals surface area contributed by atoms with E-state index in [0.29, 0.717) is 17.2 Å². The number of carbonyl (C=O) groups excluding carboxylic acids is 2. The number of amides is 2. The van der Waals surface area contributed by atoms with Gasteiger partial charge < -0.3 is 25.4 Å². The minimum Gasteiger partial charge on any atom is -0.454 e. The maximum absolute atomic E-state index is 12.1. The van der Waals surface area contributed by atoms with Crippen LogP contribution in [0.3, 0.4) is 0 Å². The first-order valence-corrected chi connectivity index (χ1v) is 9.07. The highest BCUT2D eigenvalue weighted by molar-refractivity contribution is 6.39. The third kappa shape index (κ3) is 4.65. The molecule has 29 heavy (non-hydrogen) atoms. The third-order valence-corrected chi connectivity index (χ3v) is 4.30. The van der Waals surface area contributed by atoms with E-state index < -0.39 is 11.8 Å². The van der Waals surface area contributed by atoms with Crippen LogP contribution in [0.15, 0.2) is 72.8 Å². The Bertz CT molecular complexity index is 1020. The predicted octanol–water partition coefficient (Wildman–Crippen LogP) is 3.41. The molecule has 0 saturated heterocycles. The van der Waals surface area contributed by atoms with Crippen LogP contribution in [0.2, 0.25) is 0 Å². The highest BCUT2D eigenvalue weighted by Crippen LogP contribution is 2.32. The van der Waals surface area contributed by atoms with Gasteiger partial charge in [0.25, 0.3) is 0 Å². The molecule has 0 unspecified atom stereocenters. The van der Waals surface area contributed by atoms with E-state index in [0.717, 1.165) is 16.9 Å². The number of para-hydroxylation sites is 1. The maximum Gasteiger partial charge on any atom is 0.313 e. The molecule has 0 aromatic heterocycles. The average molecular weight is 389 g/mol. The molecule has 0 saturated carbocycles. The van der Waals surface area contributed by atoms with Crippen molar-refractivity contribution in [1.29, 1.82) is 0 Å². The zero-order valence-electron chi connectivity index (χ0n) is 15.5. The summed E-state index contributed by atoms with van der Waals surface area (Å²) in [6, 6.07) is 22.2. The summed E-state index contributed by atoms with van der Waals surface area (Å²) < 4.78 is 10.5. The molecule has 0 fully saturated rings. The van der Waals surface area contributed by atoms with Gasteiger partial charge in [0.1, 0.15) is 0 Å². The number of fused-ring (bicyclic) bond motifs is 1. The molecule has 2 amide bonds. The molecule has 0 spiro atoms. The van der Waals surface area contributed by atoms with Crippen molar-refractivity contribution in [3.05, 3.63) is 78.4 Å². The molecule has 3 N–H and O–H groups in total. The van der Waals surface area contributed by atoms with Gasteiger partial charge in [-0.15, -0.1) is 0 Å². The molecular weight excluding hydrogens is 370 g/mol. The lowest BCUT2D eigenvalue weighted by molar-refractivity contribution is -0.136. The van der Waals surface area contributed by atoms with Crippen molar-refractivity contribution >= 4 is 28.9 Å². The zero-order chi connectivity index (χ0) is 20.1. The van der Waals surface area contributed by atoms with Crippen molar-refractivity contribution in [1.82, 2.24) is 5.32 Å². The van der Waals surface area contributed by atoms with Crippen LogP contribution in [-0.2, 0) is 16.1 Å². The van der Waals surface area contributed by atoms with Gasteiger partial charge in [0.2, 0.25) is 6.79 Å². The number of hydrogen-bond acceptors (Lipinski definition) is 5. The summed E-state index contributed by atoms with van der Waals surface area (Å²) >= 11 is 0. The molecule has 3 aromatic rings. The fourth-order valence-electron chi connectivity index (χ4n) is 2.83. The Morgan fingerprint density at radius 2 is 1.45 bits per heavy atom. The first-order valence-electron chi connectivity index (χ1n) is 9.07. The summed E-state index contributed by atoms with van der Waals surface area (Å²) in [4.78, 5) is 24.2. The van der Waals surface area contributed by atoms with E-state index in [2.05, 4.69) is 16.0 Å². The van der Waals surface area contributed by atoms with Crippen LogP contribution in [-0.4, -0.2) is 18.6 Å². The Hall–Kier alpha value is -4.00. The molecule has 0 aliphatic carbocycles. The minimum absolute atomic E-state index is 0.188. The van der Waals surface area contributed by atoms with E-state index >= 15 is 0 Å². The van der Waals surface area contributed by atoms with Crippen LogP contribution in [0.25, 0.3) is 0 Å². The van der Waals surface area contributed by atoms with E-state index in [1.54, 1.807) is 24.3 Å². The number of carbonyl (C=O) groups is 2. The normalized spacial score (nSPS) is 11.6. The number of hydrogen-bond donors (Lipinski definition) is 3. The number of nitrogens with one attached hydrogen (secondary N) is 3. The van der Waals surface area contributed by atoms with Crippen LogP contribution in [0.1, 0.15) is 5.56 Å². The molecule has 0 radical (unpaired) electrons. The SMILES string of the molecule is O=C(NCc1ccc2c(c1)OCO2)C(=O)Nc1ccc(Nc2ccccc2)cc1. The predicted molar refractivity (Wildman–Crippen MR) is 109 cm³/mol. The van der Waals surface area contributed by atoms with Crippen molar-refractivity contribution < 1.29 is 19.1 Å². The molecule has 7 heteroatoms. The number of rotatable bonds is 5. The maximum atomic E-state index is 12.1. The summed E-state index contributed by atoms with van der Waals surface area (Å²) in [6.45, 7) is 0.399. The fourth-order valence-corrected chi connectivity index (χ4v) is 2.83. The first kappa shape index (κ1) is 18.4. The first-order chi connectivity index (χ1) is 14.2. The Morgan fingerprint density at radius 3 is 2.24 bits per heavy atom. The second-order valence-electron chi connectivity index (χ2n) is 6.39. The summed E-state index contributed by atoms with van der Waals surface area (Å²) in [5, 5.41) is 8.43. The summed E-state index contributed by atoms with van der Waals surface area (Å²) in [5.41, 5.74) is 3.19. The van der Waals surface area contributed by atoms with Crippen molar-refractivity contribution in [3.8, 4) is 11.5 Å². The Kier molecular flexibility index (Phi) is 5.29. The molecule has 0 bridgehead atoms. The van der Waals surface area contributed by atoms with Crippen molar-refractivity contribution in [3.63, 3.8) is 0 Å². The Balaban J connectivity index is 1.28. The van der Waals surface area contributed by atoms with Gasteiger partial charge in [0.05, 0.1) is 0 Å². The topological polar surface area (TPSA) is 88.7 Å². The van der Waals surface area contributed by atoms with Crippen molar-refractivity contribution in [2.75, 3.05) is 17.4 Å². The van der Waals surface area contributed by atoms with Gasteiger partial charge >= 0.3 is 11.8 Å². The molecule has 1 heterocycles. The largest absolute Gasteiger partial charge is 0.454 e. The minimum atomic E-state index is -0.727. The van der Waals surface area contributed by atoms with Crippen LogP contribution in [0.4, 0.5) is 17.1 Å². The van der Waals surface area contributed by atoms with E-state index in [1.807, 2.05) is 48.5 Å². The van der Waals surface area contributed by atoms with Gasteiger partial charge in [-0.25, -0.2) is 0 Å². The van der Waals surface area contributed by atoms with Crippen LogP contribution in [0.5, 0.6) is 11.5 Å². The second-order valence-corrected chi connectivity index (χ2v) is 6.39. The molecule has 0 atom stereocenters.